The van der Waals surface area contributed by atoms with Crippen molar-refractivity contribution in [3.63, 3.8) is 0 Å². The van der Waals surface area contributed by atoms with E-state index in [9.17, 15) is 0 Å². The third kappa shape index (κ3) is 3.53. The van der Waals surface area contributed by atoms with Gasteiger partial charge in [0.15, 0.2) is 4.67 Å². The van der Waals surface area contributed by atoms with Gasteiger partial charge in [-0.2, -0.15) is 11.8 Å². The summed E-state index contributed by atoms with van der Waals surface area (Å²) in [6, 6.07) is 4.16. The normalized spacial score (nSPS) is 22.7. The lowest BCUT2D eigenvalue weighted by atomic mass is 10.1. The minimum Gasteiger partial charge on any atom is -0.453 e. The molecule has 2 heterocycles. The maximum Gasteiger partial charge on any atom is 0.169 e. The molecule has 1 fully saturated rings. The minimum atomic E-state index is 0.200. The van der Waals surface area contributed by atoms with Crippen LogP contribution in [0.4, 0.5) is 0 Å². The van der Waals surface area contributed by atoms with E-state index in [0.29, 0.717) is 11.3 Å². The third-order valence-electron chi connectivity index (χ3n) is 3.46. The van der Waals surface area contributed by atoms with Crippen LogP contribution in [-0.4, -0.2) is 35.0 Å². The van der Waals surface area contributed by atoms with Crippen molar-refractivity contribution >= 4 is 27.7 Å². The summed E-state index contributed by atoms with van der Waals surface area (Å²) < 4.78 is 6.82. The van der Waals surface area contributed by atoms with Gasteiger partial charge in [-0.05, 0) is 34.5 Å². The molecule has 3 nitrogen and oxygen atoms in total. The van der Waals surface area contributed by atoms with E-state index in [0.717, 1.165) is 29.3 Å². The number of rotatable bonds is 3. The van der Waals surface area contributed by atoms with Crippen molar-refractivity contribution in [1.82, 2.24) is 4.90 Å². The zero-order valence-electron chi connectivity index (χ0n) is 11.0. The largest absolute Gasteiger partial charge is 0.453 e. The average molecular weight is 333 g/mol. The fourth-order valence-corrected chi connectivity index (χ4v) is 3.73. The first-order valence-corrected chi connectivity index (χ1v) is 8.13. The second kappa shape index (κ2) is 5.99. The number of halogens is 1. The van der Waals surface area contributed by atoms with E-state index >= 15 is 0 Å². The number of furan rings is 1. The Hall–Kier alpha value is 0.0300. The first-order valence-electron chi connectivity index (χ1n) is 6.35. The van der Waals surface area contributed by atoms with Gasteiger partial charge in [0.1, 0.15) is 5.76 Å². The van der Waals surface area contributed by atoms with Crippen molar-refractivity contribution in [3.8, 4) is 0 Å². The van der Waals surface area contributed by atoms with Crippen LogP contribution in [-0.2, 0) is 0 Å². The molecule has 0 saturated carbocycles. The van der Waals surface area contributed by atoms with Crippen LogP contribution in [0.25, 0.3) is 0 Å². The van der Waals surface area contributed by atoms with Crippen LogP contribution in [0.5, 0.6) is 0 Å². The fourth-order valence-electron chi connectivity index (χ4n) is 2.30. The van der Waals surface area contributed by atoms with Crippen LogP contribution in [0.2, 0.25) is 0 Å². The van der Waals surface area contributed by atoms with E-state index < -0.39 is 0 Å². The summed E-state index contributed by atoms with van der Waals surface area (Å²) >= 11 is 5.41. The lowest BCUT2D eigenvalue weighted by Gasteiger charge is -2.28. The molecule has 1 aliphatic heterocycles. The number of thioether (sulfide) groups is 1. The number of hydrogen-bond acceptors (Lipinski definition) is 4. The van der Waals surface area contributed by atoms with Gasteiger partial charge < -0.3 is 10.2 Å². The van der Waals surface area contributed by atoms with Crippen LogP contribution < -0.4 is 5.73 Å². The lowest BCUT2D eigenvalue weighted by Crippen LogP contribution is -2.35. The number of nitrogens with zero attached hydrogens (tertiary/aromatic N) is 1. The molecule has 0 amide bonds. The molecule has 0 radical (unpaired) electrons. The van der Waals surface area contributed by atoms with Crippen LogP contribution >= 0.6 is 27.7 Å². The molecule has 2 rings (SSSR count). The van der Waals surface area contributed by atoms with E-state index in [2.05, 4.69) is 46.4 Å². The van der Waals surface area contributed by atoms with Gasteiger partial charge in [-0.3, -0.25) is 4.90 Å². The Bertz CT molecular complexity index is 394. The van der Waals surface area contributed by atoms with E-state index in [1.165, 1.54) is 6.42 Å². The Morgan fingerprint density at radius 1 is 1.50 bits per heavy atom. The molecule has 0 bridgehead atoms. The second-order valence-corrected chi connectivity index (χ2v) is 7.87. The number of nitrogens with two attached hydrogens (primary N) is 1. The molecule has 1 saturated heterocycles. The highest BCUT2D eigenvalue weighted by Crippen LogP contribution is 2.34. The molecule has 5 heteroatoms. The Balaban J connectivity index is 2.08. The van der Waals surface area contributed by atoms with E-state index in [4.69, 9.17) is 10.2 Å². The Morgan fingerprint density at radius 2 is 2.28 bits per heavy atom. The summed E-state index contributed by atoms with van der Waals surface area (Å²) in [7, 11) is 0. The second-order valence-electron chi connectivity index (χ2n) is 5.29. The van der Waals surface area contributed by atoms with Gasteiger partial charge >= 0.3 is 0 Å². The summed E-state index contributed by atoms with van der Waals surface area (Å²) in [4.78, 5) is 2.45. The molecule has 1 aliphatic rings. The highest BCUT2D eigenvalue weighted by Gasteiger charge is 2.28. The van der Waals surface area contributed by atoms with Gasteiger partial charge in [0.2, 0.25) is 0 Å². The van der Waals surface area contributed by atoms with Crippen molar-refractivity contribution in [2.24, 2.45) is 5.73 Å². The van der Waals surface area contributed by atoms with E-state index in [1.54, 1.807) is 0 Å². The van der Waals surface area contributed by atoms with Crippen LogP contribution in [0.3, 0.4) is 0 Å². The summed E-state index contributed by atoms with van der Waals surface area (Å²) in [5.41, 5.74) is 5.94. The molecule has 1 aromatic rings. The highest BCUT2D eigenvalue weighted by atomic mass is 79.9. The monoisotopic (exact) mass is 332 g/mol. The zero-order valence-corrected chi connectivity index (χ0v) is 13.4. The predicted molar refractivity (Wildman–Crippen MR) is 80.9 cm³/mol. The van der Waals surface area contributed by atoms with Gasteiger partial charge in [0.25, 0.3) is 0 Å². The predicted octanol–water partition coefficient (Wildman–Crippen LogP) is 3.26. The Kier molecular flexibility index (Phi) is 4.80. The average Bonchev–Trinajstić information content (AvgIpc) is 2.64. The molecule has 0 spiro atoms. The molecule has 18 heavy (non-hydrogen) atoms. The molecular weight excluding hydrogens is 312 g/mol. The smallest absolute Gasteiger partial charge is 0.169 e. The molecule has 0 aliphatic carbocycles. The van der Waals surface area contributed by atoms with Crippen molar-refractivity contribution in [2.45, 2.75) is 31.1 Å². The summed E-state index contributed by atoms with van der Waals surface area (Å²) in [6.45, 7) is 7.41. The molecule has 0 aromatic carbocycles. The molecular formula is C13H21BrN2OS. The lowest BCUT2D eigenvalue weighted by molar-refractivity contribution is 0.186. The molecule has 102 valence electrons. The Labute approximate surface area is 122 Å². The SMILES string of the molecule is CC1(C)CCN(C(CN)c2ccc(Br)o2)CCS1. The highest BCUT2D eigenvalue weighted by molar-refractivity contribution is 9.10. The van der Waals surface area contributed by atoms with Gasteiger partial charge in [0, 0.05) is 30.1 Å². The van der Waals surface area contributed by atoms with Crippen molar-refractivity contribution in [1.29, 1.82) is 0 Å². The van der Waals surface area contributed by atoms with Gasteiger partial charge in [-0.15, -0.1) is 0 Å². The molecule has 1 unspecified atom stereocenters. The summed E-state index contributed by atoms with van der Waals surface area (Å²) in [5.74, 6) is 2.12. The molecule has 2 N–H and O–H groups in total. The quantitative estimate of drug-likeness (QED) is 0.922. The first-order chi connectivity index (χ1) is 8.52. The third-order valence-corrected chi connectivity index (χ3v) is 5.26. The van der Waals surface area contributed by atoms with Crippen LogP contribution in [0.1, 0.15) is 32.1 Å². The Morgan fingerprint density at radius 3 is 2.89 bits per heavy atom. The van der Waals surface area contributed by atoms with Crippen molar-refractivity contribution in [3.05, 3.63) is 22.6 Å². The number of hydrogen-bond donors (Lipinski definition) is 1. The topological polar surface area (TPSA) is 42.4 Å². The summed E-state index contributed by atoms with van der Waals surface area (Å²) in [6.07, 6.45) is 1.19. The first kappa shape index (κ1) is 14.4. The zero-order chi connectivity index (χ0) is 13.2. The van der Waals surface area contributed by atoms with Crippen molar-refractivity contribution in [2.75, 3.05) is 25.4 Å². The maximum absolute atomic E-state index is 5.94. The maximum atomic E-state index is 5.94. The van der Waals surface area contributed by atoms with Crippen LogP contribution in [0, 0.1) is 0 Å². The fraction of sp³-hybridized carbons (Fsp3) is 0.692. The van der Waals surface area contributed by atoms with Gasteiger partial charge in [-0.1, -0.05) is 13.8 Å². The molecule has 1 atom stereocenters. The molecule has 1 aromatic heterocycles. The van der Waals surface area contributed by atoms with Gasteiger partial charge in [-0.25, -0.2) is 0 Å². The van der Waals surface area contributed by atoms with Gasteiger partial charge in [0.05, 0.1) is 6.04 Å². The van der Waals surface area contributed by atoms with Crippen LogP contribution in [0.15, 0.2) is 21.2 Å². The minimum absolute atomic E-state index is 0.200. The standard InChI is InChI=1S/C13H21BrN2OS/c1-13(2)5-6-16(7-8-18-13)10(9-15)11-3-4-12(14)17-11/h3-4,10H,5-9,15H2,1-2H3. The summed E-state index contributed by atoms with van der Waals surface area (Å²) in [5, 5.41) is 0. The van der Waals surface area contributed by atoms with Crippen molar-refractivity contribution < 1.29 is 4.42 Å². The van der Waals surface area contributed by atoms with E-state index in [-0.39, 0.29) is 6.04 Å². The van der Waals surface area contributed by atoms with E-state index in [1.807, 2.05) is 12.1 Å².